The molecule has 92 valence electrons. The molecule has 0 saturated carbocycles. The van der Waals surface area contributed by atoms with Crippen LogP contribution in [0.2, 0.25) is 10.0 Å². The van der Waals surface area contributed by atoms with Gasteiger partial charge in [-0.3, -0.25) is 4.79 Å². The molecule has 0 unspecified atom stereocenters. The van der Waals surface area contributed by atoms with Crippen LogP contribution in [-0.2, 0) is 0 Å². The standard InChI is InChI=1S/C13H9Cl2NO2/c1-8(17)9-5-6-16-12(7-9)18-11-4-2-3-10(14)13(11)15/h2-7H,1H3. The predicted molar refractivity (Wildman–Crippen MR) is 70.8 cm³/mol. The van der Waals surface area contributed by atoms with Gasteiger partial charge in [0.25, 0.3) is 0 Å². The van der Waals surface area contributed by atoms with Gasteiger partial charge in [-0.2, -0.15) is 0 Å². The summed E-state index contributed by atoms with van der Waals surface area (Å²) >= 11 is 11.9. The van der Waals surface area contributed by atoms with Crippen molar-refractivity contribution >= 4 is 29.0 Å². The van der Waals surface area contributed by atoms with Gasteiger partial charge >= 0.3 is 0 Å². The Bertz CT molecular complexity index is 599. The average Bonchev–Trinajstić information content (AvgIpc) is 2.35. The van der Waals surface area contributed by atoms with E-state index in [4.69, 9.17) is 27.9 Å². The first kappa shape index (κ1) is 12.9. The molecule has 1 heterocycles. The Morgan fingerprint density at radius 2 is 2.06 bits per heavy atom. The molecule has 0 bridgehead atoms. The number of ether oxygens (including phenoxy) is 1. The van der Waals surface area contributed by atoms with Gasteiger partial charge in [0.1, 0.15) is 10.8 Å². The van der Waals surface area contributed by atoms with E-state index in [1.165, 1.54) is 13.1 Å². The van der Waals surface area contributed by atoms with Gasteiger partial charge < -0.3 is 4.74 Å². The third kappa shape index (κ3) is 2.81. The number of hydrogen-bond donors (Lipinski definition) is 0. The first-order valence-electron chi connectivity index (χ1n) is 5.17. The topological polar surface area (TPSA) is 39.2 Å². The third-order valence-corrected chi connectivity index (χ3v) is 3.07. The Balaban J connectivity index is 2.31. The van der Waals surface area contributed by atoms with Crippen LogP contribution in [0.25, 0.3) is 0 Å². The maximum atomic E-state index is 11.2. The van der Waals surface area contributed by atoms with Gasteiger partial charge in [0.15, 0.2) is 5.78 Å². The molecule has 1 aromatic carbocycles. The molecule has 2 rings (SSSR count). The highest BCUT2D eigenvalue weighted by molar-refractivity contribution is 6.42. The second-order valence-corrected chi connectivity index (χ2v) is 4.38. The van der Waals surface area contributed by atoms with E-state index in [2.05, 4.69) is 4.98 Å². The number of nitrogens with zero attached hydrogens (tertiary/aromatic N) is 1. The fourth-order valence-corrected chi connectivity index (χ4v) is 1.69. The molecule has 0 atom stereocenters. The first-order chi connectivity index (χ1) is 8.58. The van der Waals surface area contributed by atoms with Crippen LogP contribution in [-0.4, -0.2) is 10.8 Å². The molecule has 0 spiro atoms. The number of carbonyl (C=O) groups excluding carboxylic acids is 1. The highest BCUT2D eigenvalue weighted by Gasteiger charge is 2.08. The maximum Gasteiger partial charge on any atom is 0.219 e. The molecule has 0 radical (unpaired) electrons. The second kappa shape index (κ2) is 5.38. The number of hydrogen-bond acceptors (Lipinski definition) is 3. The van der Waals surface area contributed by atoms with Gasteiger partial charge in [0.2, 0.25) is 5.88 Å². The average molecular weight is 282 g/mol. The van der Waals surface area contributed by atoms with Crippen LogP contribution in [0.5, 0.6) is 11.6 Å². The third-order valence-electron chi connectivity index (χ3n) is 2.27. The van der Waals surface area contributed by atoms with E-state index >= 15 is 0 Å². The van der Waals surface area contributed by atoms with Gasteiger partial charge in [-0.15, -0.1) is 0 Å². The first-order valence-corrected chi connectivity index (χ1v) is 5.92. The van der Waals surface area contributed by atoms with Crippen molar-refractivity contribution in [2.24, 2.45) is 0 Å². The zero-order valence-corrected chi connectivity index (χ0v) is 11.0. The summed E-state index contributed by atoms with van der Waals surface area (Å²) in [5, 5.41) is 0.714. The summed E-state index contributed by atoms with van der Waals surface area (Å²) in [6.45, 7) is 1.48. The lowest BCUT2D eigenvalue weighted by Crippen LogP contribution is -1.95. The summed E-state index contributed by atoms with van der Waals surface area (Å²) in [4.78, 5) is 15.3. The van der Waals surface area contributed by atoms with Gasteiger partial charge in [-0.25, -0.2) is 4.98 Å². The molecule has 0 aliphatic heterocycles. The van der Waals surface area contributed by atoms with Crippen molar-refractivity contribution in [1.82, 2.24) is 4.98 Å². The fourth-order valence-electron chi connectivity index (χ4n) is 1.36. The molecule has 0 N–H and O–H groups in total. The van der Waals surface area contributed by atoms with Crippen LogP contribution in [0.1, 0.15) is 17.3 Å². The van der Waals surface area contributed by atoms with Gasteiger partial charge in [-0.1, -0.05) is 29.3 Å². The molecule has 0 saturated heterocycles. The number of benzene rings is 1. The maximum absolute atomic E-state index is 11.2. The lowest BCUT2D eigenvalue weighted by atomic mass is 10.2. The summed E-state index contributed by atoms with van der Waals surface area (Å²) in [5.74, 6) is 0.642. The molecule has 18 heavy (non-hydrogen) atoms. The molecular weight excluding hydrogens is 273 g/mol. The van der Waals surface area contributed by atoms with Crippen molar-refractivity contribution in [3.63, 3.8) is 0 Å². The van der Waals surface area contributed by atoms with E-state index in [0.29, 0.717) is 27.2 Å². The number of rotatable bonds is 3. The van der Waals surface area contributed by atoms with E-state index in [1.807, 2.05) is 0 Å². The van der Waals surface area contributed by atoms with E-state index in [-0.39, 0.29) is 5.78 Å². The Morgan fingerprint density at radius 3 is 2.78 bits per heavy atom. The van der Waals surface area contributed by atoms with Crippen LogP contribution < -0.4 is 4.74 Å². The Morgan fingerprint density at radius 1 is 1.28 bits per heavy atom. The van der Waals surface area contributed by atoms with Crippen molar-refractivity contribution < 1.29 is 9.53 Å². The quantitative estimate of drug-likeness (QED) is 0.784. The number of halogens is 2. The molecular formula is C13H9Cl2NO2. The van der Waals surface area contributed by atoms with Crippen LogP contribution >= 0.6 is 23.2 Å². The number of aromatic nitrogens is 1. The molecule has 0 fully saturated rings. The highest BCUT2D eigenvalue weighted by Crippen LogP contribution is 2.34. The van der Waals surface area contributed by atoms with E-state index in [0.717, 1.165) is 0 Å². The zero-order valence-electron chi connectivity index (χ0n) is 9.48. The van der Waals surface area contributed by atoms with Crippen LogP contribution in [0.4, 0.5) is 0 Å². The van der Waals surface area contributed by atoms with Crippen molar-refractivity contribution in [1.29, 1.82) is 0 Å². The second-order valence-electron chi connectivity index (χ2n) is 3.59. The zero-order chi connectivity index (χ0) is 13.1. The fraction of sp³-hybridized carbons (Fsp3) is 0.0769. The molecule has 0 amide bonds. The highest BCUT2D eigenvalue weighted by atomic mass is 35.5. The van der Waals surface area contributed by atoms with Crippen molar-refractivity contribution in [2.45, 2.75) is 6.92 Å². The van der Waals surface area contributed by atoms with E-state index in [1.54, 1.807) is 30.3 Å². The van der Waals surface area contributed by atoms with Crippen molar-refractivity contribution in [3.8, 4) is 11.6 Å². The van der Waals surface area contributed by atoms with Crippen molar-refractivity contribution in [2.75, 3.05) is 0 Å². The van der Waals surface area contributed by atoms with Crippen LogP contribution in [0.15, 0.2) is 36.5 Å². The largest absolute Gasteiger partial charge is 0.437 e. The molecule has 2 aromatic rings. The summed E-state index contributed by atoms with van der Waals surface area (Å²) < 4.78 is 5.50. The van der Waals surface area contributed by atoms with Gasteiger partial charge in [0, 0.05) is 17.8 Å². The summed E-state index contributed by atoms with van der Waals surface area (Å²) in [6.07, 6.45) is 1.50. The summed E-state index contributed by atoms with van der Waals surface area (Å²) in [7, 11) is 0. The molecule has 3 nitrogen and oxygen atoms in total. The molecule has 0 aliphatic rings. The Labute approximate surface area is 114 Å². The molecule has 0 aliphatic carbocycles. The number of ketones is 1. The van der Waals surface area contributed by atoms with Crippen LogP contribution in [0.3, 0.4) is 0 Å². The number of Topliss-reactive ketones (excluding diaryl/α,β-unsaturated/α-hetero) is 1. The van der Waals surface area contributed by atoms with Gasteiger partial charge in [0.05, 0.1) is 5.02 Å². The monoisotopic (exact) mass is 281 g/mol. The normalized spacial score (nSPS) is 10.2. The SMILES string of the molecule is CC(=O)c1ccnc(Oc2cccc(Cl)c2Cl)c1. The number of carbonyl (C=O) groups is 1. The molecule has 5 heteroatoms. The minimum absolute atomic E-state index is 0.0561. The summed E-state index contributed by atoms with van der Waals surface area (Å²) in [5.41, 5.74) is 0.526. The van der Waals surface area contributed by atoms with Crippen molar-refractivity contribution in [3.05, 3.63) is 52.1 Å². The van der Waals surface area contributed by atoms with E-state index < -0.39 is 0 Å². The van der Waals surface area contributed by atoms with E-state index in [9.17, 15) is 4.79 Å². The molecule has 1 aromatic heterocycles. The smallest absolute Gasteiger partial charge is 0.219 e. The summed E-state index contributed by atoms with van der Waals surface area (Å²) in [6, 6.07) is 8.24. The van der Waals surface area contributed by atoms with Gasteiger partial charge in [-0.05, 0) is 25.1 Å². The lowest BCUT2D eigenvalue weighted by molar-refractivity contribution is 0.101. The minimum atomic E-state index is -0.0561. The number of pyridine rings is 1. The van der Waals surface area contributed by atoms with Crippen LogP contribution in [0, 0.1) is 0 Å². The Kier molecular flexibility index (Phi) is 3.84. The lowest BCUT2D eigenvalue weighted by Gasteiger charge is -2.07. The predicted octanol–water partition coefficient (Wildman–Crippen LogP) is 4.38. The Hall–Kier alpha value is -1.58. The minimum Gasteiger partial charge on any atom is -0.437 e.